The van der Waals surface area contributed by atoms with Crippen molar-refractivity contribution in [2.45, 2.75) is 46.2 Å². The Hall–Kier alpha value is -2.87. The van der Waals surface area contributed by atoms with Gasteiger partial charge in [0.05, 0.1) is 11.9 Å². The van der Waals surface area contributed by atoms with Gasteiger partial charge in [-0.25, -0.2) is 8.42 Å². The molecule has 1 unspecified atom stereocenters. The van der Waals surface area contributed by atoms with Crippen molar-refractivity contribution in [1.29, 1.82) is 0 Å². The first kappa shape index (κ1) is 25.4. The van der Waals surface area contributed by atoms with Crippen LogP contribution in [0.25, 0.3) is 0 Å². The lowest BCUT2D eigenvalue weighted by Gasteiger charge is -2.29. The second-order valence-electron chi connectivity index (χ2n) is 8.02. The average molecular weight is 460 g/mol. The highest BCUT2D eigenvalue weighted by molar-refractivity contribution is 7.92. The van der Waals surface area contributed by atoms with Gasteiger partial charge in [0.25, 0.3) is 0 Å². The molecule has 174 valence electrons. The van der Waals surface area contributed by atoms with Crippen LogP contribution < -0.4 is 9.62 Å². The van der Waals surface area contributed by atoms with Crippen LogP contribution in [-0.2, 0) is 26.2 Å². The minimum atomic E-state index is -3.50. The largest absolute Gasteiger partial charge is 0.357 e. The van der Waals surface area contributed by atoms with E-state index >= 15 is 0 Å². The quantitative estimate of drug-likeness (QED) is 0.592. The van der Waals surface area contributed by atoms with Crippen molar-refractivity contribution in [3.8, 4) is 0 Å². The molecule has 0 fully saturated rings. The van der Waals surface area contributed by atoms with E-state index in [1.807, 2.05) is 50.2 Å². The summed E-state index contributed by atoms with van der Waals surface area (Å²) in [5.74, 6) is -0.442. The molecule has 2 rings (SSSR count). The zero-order chi connectivity index (χ0) is 23.9. The molecule has 0 aromatic heterocycles. The molecule has 0 saturated heterocycles. The average Bonchev–Trinajstić information content (AvgIpc) is 2.75. The summed E-state index contributed by atoms with van der Waals surface area (Å²) in [5.41, 5.74) is 3.50. The van der Waals surface area contributed by atoms with Crippen LogP contribution in [0, 0.1) is 13.8 Å². The predicted octanol–water partition coefficient (Wildman–Crippen LogP) is 3.01. The minimum Gasteiger partial charge on any atom is -0.357 e. The Morgan fingerprint density at radius 2 is 1.66 bits per heavy atom. The molecule has 2 aromatic rings. The van der Waals surface area contributed by atoms with E-state index in [9.17, 15) is 18.0 Å². The molecule has 0 saturated carbocycles. The molecule has 0 spiro atoms. The van der Waals surface area contributed by atoms with Crippen molar-refractivity contribution >= 4 is 27.5 Å². The second kappa shape index (κ2) is 11.1. The number of hydrogen-bond donors (Lipinski definition) is 1. The standard InChI is InChI=1S/C24H33N3O4S/c1-18-12-14-21(15-13-18)17-26(20(3)24(29)25-4)23(28)11-8-16-27(32(5,30)31)22-10-7-6-9-19(22)2/h6-7,9-10,12-15,20H,8,11,16-17H2,1-5H3,(H,25,29). The van der Waals surface area contributed by atoms with E-state index in [4.69, 9.17) is 0 Å². The zero-order valence-corrected chi connectivity index (χ0v) is 20.3. The van der Waals surface area contributed by atoms with Gasteiger partial charge in [0.1, 0.15) is 6.04 Å². The van der Waals surface area contributed by atoms with E-state index < -0.39 is 16.1 Å². The first-order valence-electron chi connectivity index (χ1n) is 10.6. The van der Waals surface area contributed by atoms with E-state index in [2.05, 4.69) is 5.32 Å². The van der Waals surface area contributed by atoms with Crippen molar-refractivity contribution < 1.29 is 18.0 Å². The number of anilines is 1. The SMILES string of the molecule is CNC(=O)C(C)N(Cc1ccc(C)cc1)C(=O)CCCN(c1ccccc1C)S(C)(=O)=O. The maximum atomic E-state index is 13.1. The number of carbonyl (C=O) groups is 2. The molecule has 1 N–H and O–H groups in total. The molecule has 7 nitrogen and oxygen atoms in total. The molecule has 8 heteroatoms. The van der Waals surface area contributed by atoms with E-state index in [0.717, 1.165) is 16.7 Å². The van der Waals surface area contributed by atoms with Crippen molar-refractivity contribution in [3.05, 3.63) is 65.2 Å². The fourth-order valence-electron chi connectivity index (χ4n) is 3.51. The van der Waals surface area contributed by atoms with Gasteiger partial charge >= 0.3 is 0 Å². The first-order valence-corrected chi connectivity index (χ1v) is 12.5. The third-order valence-electron chi connectivity index (χ3n) is 5.42. The van der Waals surface area contributed by atoms with Gasteiger partial charge < -0.3 is 10.2 Å². The Kier molecular flexibility index (Phi) is 8.83. The Labute approximate surface area is 191 Å². The van der Waals surface area contributed by atoms with E-state index in [1.54, 1.807) is 31.0 Å². The number of nitrogens with one attached hydrogen (secondary N) is 1. The highest BCUT2D eigenvalue weighted by Crippen LogP contribution is 2.23. The Morgan fingerprint density at radius 1 is 1.03 bits per heavy atom. The monoisotopic (exact) mass is 459 g/mol. The molecule has 0 bridgehead atoms. The summed E-state index contributed by atoms with van der Waals surface area (Å²) in [7, 11) is -1.96. The number of nitrogens with zero attached hydrogens (tertiary/aromatic N) is 2. The molecule has 2 aromatic carbocycles. The van der Waals surface area contributed by atoms with Crippen LogP contribution >= 0.6 is 0 Å². The summed E-state index contributed by atoms with van der Waals surface area (Å²) in [6.45, 7) is 6.03. The van der Waals surface area contributed by atoms with Gasteiger partial charge in [-0.15, -0.1) is 0 Å². The van der Waals surface area contributed by atoms with Crippen LogP contribution in [0.1, 0.15) is 36.5 Å². The molecule has 32 heavy (non-hydrogen) atoms. The fraction of sp³-hybridized carbons (Fsp3) is 0.417. The van der Waals surface area contributed by atoms with Gasteiger partial charge in [-0.3, -0.25) is 13.9 Å². The van der Waals surface area contributed by atoms with Crippen molar-refractivity contribution in [1.82, 2.24) is 10.2 Å². The molecule has 0 radical (unpaired) electrons. The van der Waals surface area contributed by atoms with Gasteiger partial charge in [-0.1, -0.05) is 48.0 Å². The smallest absolute Gasteiger partial charge is 0.242 e. The maximum Gasteiger partial charge on any atom is 0.242 e. The van der Waals surface area contributed by atoms with Crippen LogP contribution in [0.2, 0.25) is 0 Å². The lowest BCUT2D eigenvalue weighted by Crippen LogP contribution is -2.46. The maximum absolute atomic E-state index is 13.1. The van der Waals surface area contributed by atoms with Crippen molar-refractivity contribution in [2.75, 3.05) is 24.2 Å². The predicted molar refractivity (Wildman–Crippen MR) is 128 cm³/mol. The van der Waals surface area contributed by atoms with E-state index in [-0.39, 0.29) is 24.8 Å². The number of hydrogen-bond acceptors (Lipinski definition) is 4. The van der Waals surface area contributed by atoms with Crippen LogP contribution in [-0.4, -0.2) is 51.0 Å². The molecule has 0 aliphatic rings. The van der Waals surface area contributed by atoms with Crippen LogP contribution in [0.15, 0.2) is 48.5 Å². The normalized spacial score (nSPS) is 12.2. The fourth-order valence-corrected chi connectivity index (χ4v) is 4.53. The summed E-state index contributed by atoms with van der Waals surface area (Å²) in [5, 5.41) is 2.60. The number of sulfonamides is 1. The van der Waals surface area contributed by atoms with Gasteiger partial charge in [0.15, 0.2) is 0 Å². The number of para-hydroxylation sites is 1. The Bertz CT molecular complexity index is 1040. The molecule has 1 atom stereocenters. The lowest BCUT2D eigenvalue weighted by molar-refractivity contribution is -0.140. The minimum absolute atomic E-state index is 0.130. The zero-order valence-electron chi connectivity index (χ0n) is 19.5. The number of amides is 2. The summed E-state index contributed by atoms with van der Waals surface area (Å²) in [6, 6.07) is 14.4. The Balaban J connectivity index is 2.14. The van der Waals surface area contributed by atoms with Crippen molar-refractivity contribution in [3.63, 3.8) is 0 Å². The van der Waals surface area contributed by atoms with E-state index in [1.165, 1.54) is 10.6 Å². The van der Waals surface area contributed by atoms with Crippen LogP contribution in [0.3, 0.4) is 0 Å². The van der Waals surface area contributed by atoms with Crippen LogP contribution in [0.5, 0.6) is 0 Å². The highest BCUT2D eigenvalue weighted by Gasteiger charge is 2.26. The molecule has 0 aliphatic heterocycles. The molecule has 2 amide bonds. The van der Waals surface area contributed by atoms with Gasteiger partial charge in [0.2, 0.25) is 21.8 Å². The molecule has 0 heterocycles. The highest BCUT2D eigenvalue weighted by atomic mass is 32.2. The van der Waals surface area contributed by atoms with Crippen LogP contribution in [0.4, 0.5) is 5.69 Å². The van der Waals surface area contributed by atoms with E-state index in [0.29, 0.717) is 18.7 Å². The van der Waals surface area contributed by atoms with Gasteiger partial charge in [0, 0.05) is 26.6 Å². The Morgan fingerprint density at radius 3 is 2.22 bits per heavy atom. The number of likely N-dealkylation sites (N-methyl/N-ethyl adjacent to an activating group) is 1. The number of benzene rings is 2. The molecular weight excluding hydrogens is 426 g/mol. The topological polar surface area (TPSA) is 86.8 Å². The van der Waals surface area contributed by atoms with Gasteiger partial charge in [-0.05, 0) is 44.4 Å². The molecular formula is C24H33N3O4S. The summed E-state index contributed by atoms with van der Waals surface area (Å²) >= 11 is 0. The second-order valence-corrected chi connectivity index (χ2v) is 9.93. The first-order chi connectivity index (χ1) is 15.0. The number of carbonyl (C=O) groups excluding carboxylic acids is 2. The van der Waals surface area contributed by atoms with Crippen molar-refractivity contribution in [2.24, 2.45) is 0 Å². The summed E-state index contributed by atoms with van der Waals surface area (Å²) in [6.07, 6.45) is 1.63. The third-order valence-corrected chi connectivity index (χ3v) is 6.60. The number of rotatable bonds is 10. The lowest BCUT2D eigenvalue weighted by atomic mass is 10.1. The van der Waals surface area contributed by atoms with Gasteiger partial charge in [-0.2, -0.15) is 0 Å². The molecule has 0 aliphatic carbocycles. The third kappa shape index (κ3) is 6.82. The summed E-state index contributed by atoms with van der Waals surface area (Å²) in [4.78, 5) is 26.9. The number of aryl methyl sites for hydroxylation is 2. The summed E-state index contributed by atoms with van der Waals surface area (Å²) < 4.78 is 26.1.